The van der Waals surface area contributed by atoms with Crippen LogP contribution in [0.3, 0.4) is 0 Å². The third kappa shape index (κ3) is 4.82. The van der Waals surface area contributed by atoms with Crippen LogP contribution in [0.15, 0.2) is 66.4 Å². The van der Waals surface area contributed by atoms with Gasteiger partial charge in [0.15, 0.2) is 0 Å². The molecule has 1 aliphatic heterocycles. The van der Waals surface area contributed by atoms with E-state index in [9.17, 15) is 19.5 Å². The molecule has 190 valence electrons. The lowest BCUT2D eigenvalue weighted by atomic mass is 9.92. The fourth-order valence-electron chi connectivity index (χ4n) is 4.58. The van der Waals surface area contributed by atoms with Gasteiger partial charge in [0, 0.05) is 30.1 Å². The van der Waals surface area contributed by atoms with Gasteiger partial charge in [-0.15, -0.1) is 0 Å². The molecule has 8 nitrogen and oxygen atoms in total. The summed E-state index contributed by atoms with van der Waals surface area (Å²) in [5.41, 5.74) is 3.21. The van der Waals surface area contributed by atoms with E-state index in [0.29, 0.717) is 33.9 Å². The zero-order valence-corrected chi connectivity index (χ0v) is 21.4. The molecule has 0 spiro atoms. The molecule has 2 N–H and O–H groups in total. The zero-order valence-electron chi connectivity index (χ0n) is 21.4. The Balaban J connectivity index is 1.95. The summed E-state index contributed by atoms with van der Waals surface area (Å²) in [6, 6.07) is 14.5. The first-order valence-electron chi connectivity index (χ1n) is 11.9. The summed E-state index contributed by atoms with van der Waals surface area (Å²) in [6.07, 6.45) is 1.57. The molecule has 2 aromatic carbocycles. The monoisotopic (exact) mass is 499 g/mol. The Morgan fingerprint density at radius 3 is 2.49 bits per heavy atom. The number of aliphatic hydroxyl groups excluding tert-OH is 1. The molecule has 1 saturated heterocycles. The van der Waals surface area contributed by atoms with E-state index in [1.165, 1.54) is 11.8 Å². The van der Waals surface area contributed by atoms with Gasteiger partial charge in [0.2, 0.25) is 5.91 Å². The molecular formula is C29H29N3O5. The summed E-state index contributed by atoms with van der Waals surface area (Å²) in [6.45, 7) is 7.21. The van der Waals surface area contributed by atoms with Crippen molar-refractivity contribution in [3.8, 4) is 5.75 Å². The Labute approximate surface area is 215 Å². The Bertz CT molecular complexity index is 1410. The van der Waals surface area contributed by atoms with E-state index in [2.05, 4.69) is 10.3 Å². The molecular weight excluding hydrogens is 470 g/mol. The number of pyridine rings is 1. The van der Waals surface area contributed by atoms with Crippen molar-refractivity contribution in [1.29, 1.82) is 0 Å². The normalized spacial score (nSPS) is 16.8. The Kier molecular flexibility index (Phi) is 7.11. The second kappa shape index (κ2) is 10.3. The first-order valence-corrected chi connectivity index (χ1v) is 11.9. The third-order valence-corrected chi connectivity index (χ3v) is 6.31. The van der Waals surface area contributed by atoms with Crippen molar-refractivity contribution in [2.24, 2.45) is 0 Å². The van der Waals surface area contributed by atoms with Gasteiger partial charge in [-0.25, -0.2) is 0 Å². The summed E-state index contributed by atoms with van der Waals surface area (Å²) in [5, 5.41) is 14.3. The number of hydrogen-bond donors (Lipinski definition) is 2. The number of carbonyl (C=O) groups is 3. The molecule has 1 aromatic heterocycles. The average molecular weight is 500 g/mol. The number of aliphatic hydroxyl groups is 1. The fraction of sp³-hybridized carbons (Fsp3) is 0.241. The number of benzene rings is 2. The lowest BCUT2D eigenvalue weighted by Gasteiger charge is -2.25. The number of hydrogen-bond acceptors (Lipinski definition) is 6. The molecule has 0 bridgehead atoms. The molecule has 37 heavy (non-hydrogen) atoms. The summed E-state index contributed by atoms with van der Waals surface area (Å²) in [4.78, 5) is 44.2. The van der Waals surface area contributed by atoms with Gasteiger partial charge in [-0.3, -0.25) is 24.3 Å². The van der Waals surface area contributed by atoms with E-state index in [1.54, 1.807) is 61.8 Å². The van der Waals surface area contributed by atoms with Crippen LogP contribution in [-0.4, -0.2) is 34.8 Å². The van der Waals surface area contributed by atoms with Crippen molar-refractivity contribution < 1.29 is 24.2 Å². The minimum Gasteiger partial charge on any atom is -0.507 e. The minimum absolute atomic E-state index is 0.0587. The van der Waals surface area contributed by atoms with E-state index >= 15 is 0 Å². The van der Waals surface area contributed by atoms with E-state index < -0.39 is 17.7 Å². The Morgan fingerprint density at radius 2 is 1.86 bits per heavy atom. The molecule has 2 heterocycles. The van der Waals surface area contributed by atoms with Crippen LogP contribution in [0.2, 0.25) is 0 Å². The highest BCUT2D eigenvalue weighted by Gasteiger charge is 2.47. The number of nitrogens with zero attached hydrogens (tertiary/aromatic N) is 2. The second-order valence-corrected chi connectivity index (χ2v) is 9.22. The van der Waals surface area contributed by atoms with Crippen LogP contribution in [0.25, 0.3) is 5.76 Å². The largest absolute Gasteiger partial charge is 0.507 e. The SMILES string of the molecule is COc1cc(C)c(/C(O)=C2\C(=O)C(=O)N(c3cccc(NC(C)=O)c3)C2c2ccccn2)cc1C(C)C. The van der Waals surface area contributed by atoms with Gasteiger partial charge in [0.25, 0.3) is 11.7 Å². The molecule has 8 heteroatoms. The Hall–Kier alpha value is -4.46. The molecule has 0 aliphatic carbocycles. The van der Waals surface area contributed by atoms with E-state index in [0.717, 1.165) is 5.56 Å². The first kappa shape index (κ1) is 25.6. The fourth-order valence-corrected chi connectivity index (χ4v) is 4.58. The third-order valence-electron chi connectivity index (χ3n) is 6.31. The number of ketones is 1. The number of carbonyl (C=O) groups excluding carboxylic acids is 3. The van der Waals surface area contributed by atoms with Crippen molar-refractivity contribution in [3.63, 3.8) is 0 Å². The summed E-state index contributed by atoms with van der Waals surface area (Å²) < 4.78 is 5.52. The molecule has 1 unspecified atom stereocenters. The van der Waals surface area contributed by atoms with Crippen LogP contribution in [0.1, 0.15) is 55.1 Å². The summed E-state index contributed by atoms with van der Waals surface area (Å²) in [5.74, 6) is -1.40. The number of methoxy groups -OCH3 is 1. The summed E-state index contributed by atoms with van der Waals surface area (Å²) >= 11 is 0. The van der Waals surface area contributed by atoms with Gasteiger partial charge in [-0.05, 0) is 66.4 Å². The summed E-state index contributed by atoms with van der Waals surface area (Å²) in [7, 11) is 1.59. The molecule has 0 saturated carbocycles. The average Bonchev–Trinajstić information content (AvgIpc) is 3.13. The zero-order chi connectivity index (χ0) is 26.9. The van der Waals surface area contributed by atoms with Crippen LogP contribution in [-0.2, 0) is 14.4 Å². The van der Waals surface area contributed by atoms with E-state index in [4.69, 9.17) is 4.74 Å². The first-order chi connectivity index (χ1) is 17.6. The predicted octanol–water partition coefficient (Wildman–Crippen LogP) is 5.11. The van der Waals surface area contributed by atoms with Crippen molar-refractivity contribution in [2.45, 2.75) is 39.7 Å². The van der Waals surface area contributed by atoms with Crippen molar-refractivity contribution in [2.75, 3.05) is 17.3 Å². The number of aromatic nitrogens is 1. The van der Waals surface area contributed by atoms with Crippen molar-refractivity contribution in [3.05, 3.63) is 88.8 Å². The highest BCUT2D eigenvalue weighted by molar-refractivity contribution is 6.51. The van der Waals surface area contributed by atoms with Crippen LogP contribution in [0.5, 0.6) is 5.75 Å². The number of amides is 2. The maximum atomic E-state index is 13.5. The van der Waals surface area contributed by atoms with E-state index in [1.807, 2.05) is 26.8 Å². The molecule has 1 atom stereocenters. The van der Waals surface area contributed by atoms with Crippen molar-refractivity contribution >= 4 is 34.7 Å². The maximum absolute atomic E-state index is 13.5. The van der Waals surface area contributed by atoms with Gasteiger partial charge >= 0.3 is 0 Å². The lowest BCUT2D eigenvalue weighted by molar-refractivity contribution is -0.132. The van der Waals surface area contributed by atoms with Gasteiger partial charge in [-0.1, -0.05) is 26.0 Å². The van der Waals surface area contributed by atoms with Crippen LogP contribution >= 0.6 is 0 Å². The lowest BCUT2D eigenvalue weighted by Crippen LogP contribution is -2.30. The molecule has 1 aliphatic rings. The predicted molar refractivity (Wildman–Crippen MR) is 142 cm³/mol. The van der Waals surface area contributed by atoms with Crippen LogP contribution in [0, 0.1) is 6.92 Å². The minimum atomic E-state index is -0.974. The highest BCUT2D eigenvalue weighted by atomic mass is 16.5. The van der Waals surface area contributed by atoms with Crippen LogP contribution in [0.4, 0.5) is 11.4 Å². The maximum Gasteiger partial charge on any atom is 0.300 e. The number of anilines is 2. The number of Topliss-reactive ketones (excluding diaryl/α,β-unsaturated/α-hetero) is 1. The van der Waals surface area contributed by atoms with Gasteiger partial charge < -0.3 is 15.2 Å². The molecule has 0 radical (unpaired) electrons. The van der Waals surface area contributed by atoms with Gasteiger partial charge in [0.05, 0.1) is 18.4 Å². The van der Waals surface area contributed by atoms with Gasteiger partial charge in [0.1, 0.15) is 17.6 Å². The van der Waals surface area contributed by atoms with Crippen LogP contribution < -0.4 is 15.0 Å². The number of nitrogens with one attached hydrogen (secondary N) is 1. The van der Waals surface area contributed by atoms with Crippen molar-refractivity contribution in [1.82, 2.24) is 4.98 Å². The topological polar surface area (TPSA) is 109 Å². The smallest absolute Gasteiger partial charge is 0.300 e. The molecule has 1 fully saturated rings. The Morgan fingerprint density at radius 1 is 1.11 bits per heavy atom. The molecule has 3 aromatic rings. The number of rotatable bonds is 6. The quantitative estimate of drug-likeness (QED) is 0.277. The standard InChI is InChI=1S/C29H29N3O5/c1-16(2)21-15-22(17(3)13-24(21)37-5)27(34)25-26(23-11-6-7-12-30-23)32(29(36)28(25)35)20-10-8-9-19(14-20)31-18(4)33/h6-16,26,34H,1-5H3,(H,31,33)/b27-25+. The number of aryl methyl sites for hydroxylation is 1. The van der Waals surface area contributed by atoms with E-state index in [-0.39, 0.29) is 23.2 Å². The molecule has 2 amide bonds. The molecule has 4 rings (SSSR count). The van der Waals surface area contributed by atoms with Gasteiger partial charge in [-0.2, -0.15) is 0 Å². The second-order valence-electron chi connectivity index (χ2n) is 9.22. The number of ether oxygens (including phenoxy) is 1. The highest BCUT2D eigenvalue weighted by Crippen LogP contribution is 2.43.